The first kappa shape index (κ1) is 11.0. The largest absolute Gasteiger partial charge is 0.454 e. The van der Waals surface area contributed by atoms with Crippen molar-refractivity contribution < 1.29 is 9.47 Å². The van der Waals surface area contributed by atoms with Crippen molar-refractivity contribution in [3.63, 3.8) is 0 Å². The molecule has 3 aromatic rings. The number of ether oxygens (including phenoxy) is 2. The summed E-state index contributed by atoms with van der Waals surface area (Å²) in [4.78, 5) is 8.77. The van der Waals surface area contributed by atoms with Crippen molar-refractivity contribution in [3.8, 4) is 34.3 Å². The maximum Gasteiger partial charge on any atom is 0.231 e. The zero-order valence-corrected chi connectivity index (χ0v) is 10.4. The van der Waals surface area contributed by atoms with Gasteiger partial charge in [0.15, 0.2) is 17.3 Å². The molecule has 20 heavy (non-hydrogen) atoms. The summed E-state index contributed by atoms with van der Waals surface area (Å²) in [5.74, 6) is 2.11. The molecule has 1 N–H and O–H groups in total. The molecule has 0 spiro atoms. The number of benzene rings is 1. The second-order valence-electron chi connectivity index (χ2n) is 4.30. The summed E-state index contributed by atoms with van der Waals surface area (Å²) in [6, 6.07) is 9.44. The van der Waals surface area contributed by atoms with Crippen molar-refractivity contribution in [2.75, 3.05) is 6.79 Å². The van der Waals surface area contributed by atoms with Gasteiger partial charge in [0.05, 0.1) is 5.69 Å². The molecule has 1 aliphatic rings. The molecule has 0 fully saturated rings. The van der Waals surface area contributed by atoms with Gasteiger partial charge in [0.1, 0.15) is 5.69 Å². The van der Waals surface area contributed by atoms with Crippen LogP contribution in [0.5, 0.6) is 11.5 Å². The molecule has 0 unspecified atom stereocenters. The fourth-order valence-electron chi connectivity index (χ4n) is 2.09. The van der Waals surface area contributed by atoms with E-state index in [9.17, 15) is 0 Å². The van der Waals surface area contributed by atoms with Crippen LogP contribution in [0.4, 0.5) is 0 Å². The van der Waals surface area contributed by atoms with Gasteiger partial charge in [0.2, 0.25) is 6.79 Å². The van der Waals surface area contributed by atoms with Crippen molar-refractivity contribution in [2.24, 2.45) is 0 Å². The topological polar surface area (TPSA) is 72.9 Å². The van der Waals surface area contributed by atoms with Crippen LogP contribution in [-0.4, -0.2) is 27.0 Å². The highest BCUT2D eigenvalue weighted by Crippen LogP contribution is 2.35. The quantitative estimate of drug-likeness (QED) is 0.770. The van der Waals surface area contributed by atoms with Crippen LogP contribution in [0, 0.1) is 0 Å². The van der Waals surface area contributed by atoms with E-state index in [-0.39, 0.29) is 6.79 Å². The van der Waals surface area contributed by atoms with Crippen LogP contribution in [0.1, 0.15) is 0 Å². The Bertz CT molecular complexity index is 756. The Balaban J connectivity index is 1.77. The highest BCUT2D eigenvalue weighted by atomic mass is 16.7. The molecular weight excluding hydrogens is 256 g/mol. The third-order valence-corrected chi connectivity index (χ3v) is 3.07. The highest BCUT2D eigenvalue weighted by Gasteiger charge is 2.14. The van der Waals surface area contributed by atoms with Crippen molar-refractivity contribution in [1.29, 1.82) is 0 Å². The van der Waals surface area contributed by atoms with E-state index in [2.05, 4.69) is 20.2 Å². The van der Waals surface area contributed by atoms with Crippen LogP contribution >= 0.6 is 0 Å². The van der Waals surface area contributed by atoms with Gasteiger partial charge in [0, 0.05) is 18.0 Å². The van der Waals surface area contributed by atoms with E-state index < -0.39 is 0 Å². The van der Waals surface area contributed by atoms with Gasteiger partial charge in [0.25, 0.3) is 0 Å². The first-order valence-corrected chi connectivity index (χ1v) is 6.13. The molecule has 0 atom stereocenters. The number of nitrogens with zero attached hydrogens (tertiary/aromatic N) is 3. The Labute approximate surface area is 114 Å². The summed E-state index contributed by atoms with van der Waals surface area (Å²) in [7, 11) is 0. The van der Waals surface area contributed by atoms with Gasteiger partial charge in [-0.05, 0) is 30.3 Å². The lowest BCUT2D eigenvalue weighted by Crippen LogP contribution is -1.93. The molecule has 0 radical (unpaired) electrons. The zero-order chi connectivity index (χ0) is 13.4. The average molecular weight is 266 g/mol. The van der Waals surface area contributed by atoms with Crippen LogP contribution in [0.3, 0.4) is 0 Å². The summed E-state index contributed by atoms with van der Waals surface area (Å²) in [5.41, 5.74) is 2.56. The lowest BCUT2D eigenvalue weighted by molar-refractivity contribution is 0.174. The molecule has 0 saturated carbocycles. The number of aromatic nitrogens is 4. The summed E-state index contributed by atoms with van der Waals surface area (Å²) >= 11 is 0. The summed E-state index contributed by atoms with van der Waals surface area (Å²) in [6.07, 6.45) is 3.40. The fourth-order valence-corrected chi connectivity index (χ4v) is 2.09. The van der Waals surface area contributed by atoms with Gasteiger partial charge in [-0.15, -0.1) is 0 Å². The van der Waals surface area contributed by atoms with Gasteiger partial charge in [-0.3, -0.25) is 5.10 Å². The first-order valence-electron chi connectivity index (χ1n) is 6.13. The van der Waals surface area contributed by atoms with E-state index in [4.69, 9.17) is 9.47 Å². The van der Waals surface area contributed by atoms with E-state index in [1.165, 1.54) is 0 Å². The second-order valence-corrected chi connectivity index (χ2v) is 4.30. The minimum atomic E-state index is 0.266. The smallest absolute Gasteiger partial charge is 0.231 e. The van der Waals surface area contributed by atoms with Crippen molar-refractivity contribution in [2.45, 2.75) is 0 Å². The number of H-pyrrole nitrogens is 1. The minimum absolute atomic E-state index is 0.266. The standard InChI is InChI=1S/C14H10N4O2/c1-2-12-13(20-8-19-12)7-9(1)10-3-5-15-14(17-10)11-4-6-16-18-11/h1-7H,8H2,(H,16,18). The molecule has 1 aliphatic heterocycles. The van der Waals surface area contributed by atoms with Crippen LogP contribution < -0.4 is 9.47 Å². The molecule has 1 aromatic carbocycles. The average Bonchev–Trinajstić information content (AvgIpc) is 3.18. The highest BCUT2D eigenvalue weighted by molar-refractivity contribution is 5.65. The molecule has 0 aliphatic carbocycles. The van der Waals surface area contributed by atoms with Gasteiger partial charge in [-0.1, -0.05) is 0 Å². The Morgan fingerprint density at radius 3 is 2.85 bits per heavy atom. The summed E-state index contributed by atoms with van der Waals surface area (Å²) < 4.78 is 10.7. The SMILES string of the molecule is c1cc(-c2nccc(-c3ccc4c(c3)OCO4)n2)[nH]n1. The van der Waals surface area contributed by atoms with Crippen LogP contribution in [-0.2, 0) is 0 Å². The Hall–Kier alpha value is -2.89. The molecule has 0 bridgehead atoms. The molecule has 3 heterocycles. The van der Waals surface area contributed by atoms with Crippen LogP contribution in [0.2, 0.25) is 0 Å². The predicted molar refractivity (Wildman–Crippen MR) is 71.2 cm³/mol. The Morgan fingerprint density at radius 1 is 1.00 bits per heavy atom. The lowest BCUT2D eigenvalue weighted by Gasteiger charge is -2.04. The van der Waals surface area contributed by atoms with Crippen LogP contribution in [0.25, 0.3) is 22.8 Å². The third kappa shape index (κ3) is 1.78. The summed E-state index contributed by atoms with van der Waals surface area (Å²) in [5, 5.41) is 6.76. The van der Waals surface area contributed by atoms with Crippen molar-refractivity contribution in [3.05, 3.63) is 42.7 Å². The van der Waals surface area contributed by atoms with E-state index >= 15 is 0 Å². The maximum absolute atomic E-state index is 5.38. The van der Waals surface area contributed by atoms with Crippen molar-refractivity contribution >= 4 is 0 Å². The fraction of sp³-hybridized carbons (Fsp3) is 0.0714. The Morgan fingerprint density at radius 2 is 1.95 bits per heavy atom. The molecular formula is C14H10N4O2. The molecule has 0 saturated heterocycles. The number of hydrogen-bond donors (Lipinski definition) is 1. The van der Waals surface area contributed by atoms with Gasteiger partial charge >= 0.3 is 0 Å². The number of hydrogen-bond acceptors (Lipinski definition) is 5. The van der Waals surface area contributed by atoms with E-state index in [1.807, 2.05) is 30.3 Å². The number of aromatic amines is 1. The summed E-state index contributed by atoms with van der Waals surface area (Å²) in [6.45, 7) is 0.266. The van der Waals surface area contributed by atoms with Gasteiger partial charge < -0.3 is 9.47 Å². The molecule has 0 amide bonds. The normalized spacial score (nSPS) is 12.6. The Kier molecular flexibility index (Phi) is 2.38. The van der Waals surface area contributed by atoms with Crippen LogP contribution in [0.15, 0.2) is 42.7 Å². The lowest BCUT2D eigenvalue weighted by atomic mass is 10.1. The molecule has 6 nitrogen and oxygen atoms in total. The molecule has 6 heteroatoms. The first-order chi connectivity index (χ1) is 9.90. The third-order valence-electron chi connectivity index (χ3n) is 3.07. The molecule has 2 aromatic heterocycles. The second kappa shape index (κ2) is 4.34. The molecule has 98 valence electrons. The maximum atomic E-state index is 5.38. The predicted octanol–water partition coefficient (Wildman–Crippen LogP) is 2.26. The number of fused-ring (bicyclic) bond motifs is 1. The minimum Gasteiger partial charge on any atom is -0.454 e. The van der Waals surface area contributed by atoms with E-state index in [0.29, 0.717) is 5.82 Å². The van der Waals surface area contributed by atoms with Crippen molar-refractivity contribution in [1.82, 2.24) is 20.2 Å². The van der Waals surface area contributed by atoms with E-state index in [1.54, 1.807) is 12.4 Å². The zero-order valence-electron chi connectivity index (χ0n) is 10.4. The molecule has 4 rings (SSSR count). The van der Waals surface area contributed by atoms with Gasteiger partial charge in [-0.2, -0.15) is 5.10 Å². The number of nitrogens with one attached hydrogen (secondary N) is 1. The van der Waals surface area contributed by atoms with Gasteiger partial charge in [-0.25, -0.2) is 9.97 Å². The van der Waals surface area contributed by atoms with E-state index in [0.717, 1.165) is 28.5 Å². The monoisotopic (exact) mass is 266 g/mol. The number of rotatable bonds is 2.